The number of carboxylic acid groups (broad SMARTS) is 1. The summed E-state index contributed by atoms with van der Waals surface area (Å²) in [5.41, 5.74) is 4.90. The highest BCUT2D eigenvalue weighted by Crippen LogP contribution is 2.37. The molecule has 42 heavy (non-hydrogen) atoms. The molecule has 0 radical (unpaired) electrons. The Morgan fingerprint density at radius 1 is 0.643 bits per heavy atom. The van der Waals surface area contributed by atoms with E-state index in [1.807, 2.05) is 24.3 Å². The Morgan fingerprint density at radius 2 is 0.976 bits per heavy atom. The van der Waals surface area contributed by atoms with E-state index in [9.17, 15) is 4.79 Å². The van der Waals surface area contributed by atoms with E-state index in [0.717, 1.165) is 56.2 Å². The predicted octanol–water partition coefficient (Wildman–Crippen LogP) is 10.6. The average Bonchev–Trinajstić information content (AvgIpc) is 2.88. The lowest BCUT2D eigenvalue weighted by atomic mass is 10.0. The molecule has 0 aromatic heterocycles. The summed E-state index contributed by atoms with van der Waals surface area (Å²) in [5.74, 6) is -0.782. The second kappa shape index (κ2) is 17.9. The van der Waals surface area contributed by atoms with Gasteiger partial charge in [-0.1, -0.05) is 106 Å². The van der Waals surface area contributed by atoms with Crippen LogP contribution in [0, 0.1) is 0 Å². The van der Waals surface area contributed by atoms with E-state index in [4.69, 9.17) is 14.0 Å². The van der Waals surface area contributed by atoms with Crippen LogP contribution in [-0.2, 0) is 38.2 Å². The lowest BCUT2D eigenvalue weighted by Gasteiger charge is -2.36. The van der Waals surface area contributed by atoms with Crippen molar-refractivity contribution in [1.29, 1.82) is 0 Å². The first-order chi connectivity index (χ1) is 19.4. The van der Waals surface area contributed by atoms with Gasteiger partial charge < -0.3 is 14.0 Å². The van der Waals surface area contributed by atoms with Gasteiger partial charge in [0.15, 0.2) is 16.6 Å². The third kappa shape index (κ3) is 15.0. The SMILES string of the molecule is CC(C)(C)[Si](C)(C)OCCCCc1ccc(CBr)cc1.CC(C)(C)[Si](C)(C)OCCCCc1ccc(CC(=O)O)cc1. The van der Waals surface area contributed by atoms with Crippen LogP contribution in [0.3, 0.4) is 0 Å². The van der Waals surface area contributed by atoms with Crippen molar-refractivity contribution in [2.24, 2.45) is 0 Å². The maximum absolute atomic E-state index is 10.6. The number of aryl methyl sites for hydroxylation is 2. The smallest absolute Gasteiger partial charge is 0.307 e. The summed E-state index contributed by atoms with van der Waals surface area (Å²) in [5, 5.41) is 10.3. The van der Waals surface area contributed by atoms with Crippen LogP contribution in [0.5, 0.6) is 0 Å². The van der Waals surface area contributed by atoms with Gasteiger partial charge in [0.05, 0.1) is 6.42 Å². The topological polar surface area (TPSA) is 55.8 Å². The number of benzene rings is 2. The molecule has 0 bridgehead atoms. The predicted molar refractivity (Wildman–Crippen MR) is 189 cm³/mol. The van der Waals surface area contributed by atoms with Crippen molar-refractivity contribution in [3.8, 4) is 0 Å². The van der Waals surface area contributed by atoms with Crippen LogP contribution < -0.4 is 0 Å². The van der Waals surface area contributed by atoms with Crippen molar-refractivity contribution < 1.29 is 18.8 Å². The summed E-state index contributed by atoms with van der Waals surface area (Å²) in [6.07, 6.45) is 6.82. The summed E-state index contributed by atoms with van der Waals surface area (Å²) >= 11 is 3.48. The Balaban J connectivity index is 0.000000422. The van der Waals surface area contributed by atoms with Gasteiger partial charge in [-0.15, -0.1) is 0 Å². The van der Waals surface area contributed by atoms with Crippen LogP contribution in [0.1, 0.15) is 89.5 Å². The molecule has 0 aliphatic heterocycles. The number of rotatable bonds is 15. The molecule has 0 saturated heterocycles. The highest BCUT2D eigenvalue weighted by atomic mass is 79.9. The van der Waals surface area contributed by atoms with Gasteiger partial charge >= 0.3 is 5.97 Å². The first kappa shape index (κ1) is 38.8. The zero-order chi connectivity index (χ0) is 32.0. The molecular formula is C35H59BrO4Si2. The third-order valence-electron chi connectivity index (χ3n) is 8.81. The second-order valence-electron chi connectivity index (χ2n) is 14.5. The minimum Gasteiger partial charge on any atom is -0.481 e. The van der Waals surface area contributed by atoms with E-state index < -0.39 is 22.6 Å². The van der Waals surface area contributed by atoms with E-state index in [1.165, 1.54) is 23.1 Å². The van der Waals surface area contributed by atoms with Crippen LogP contribution in [0.15, 0.2) is 48.5 Å². The Hall–Kier alpha value is -1.26. The molecule has 0 spiro atoms. The monoisotopic (exact) mass is 678 g/mol. The molecule has 2 aromatic rings. The van der Waals surface area contributed by atoms with Gasteiger partial charge in [0, 0.05) is 18.5 Å². The Kier molecular flexibility index (Phi) is 16.5. The molecule has 0 saturated carbocycles. The van der Waals surface area contributed by atoms with Gasteiger partial charge in [-0.25, -0.2) is 0 Å². The molecule has 238 valence electrons. The molecule has 0 amide bonds. The number of hydrogen-bond donors (Lipinski definition) is 1. The van der Waals surface area contributed by atoms with E-state index in [1.54, 1.807) is 0 Å². The van der Waals surface area contributed by atoms with Gasteiger partial charge in [0.1, 0.15) is 0 Å². The lowest BCUT2D eigenvalue weighted by molar-refractivity contribution is -0.136. The first-order valence-corrected chi connectivity index (χ1v) is 22.5. The molecule has 2 aromatic carbocycles. The van der Waals surface area contributed by atoms with Crippen LogP contribution in [0.2, 0.25) is 36.3 Å². The molecule has 7 heteroatoms. The van der Waals surface area contributed by atoms with E-state index in [-0.39, 0.29) is 11.5 Å². The van der Waals surface area contributed by atoms with Crippen LogP contribution >= 0.6 is 15.9 Å². The van der Waals surface area contributed by atoms with Crippen LogP contribution in [0.4, 0.5) is 0 Å². The standard InChI is InChI=1S/C18H30O3Si.C17H29BrOSi/c1-18(2,3)22(4,5)21-13-7-6-8-15-9-11-16(12-10-15)14-17(19)20;1-17(2,3)20(4,5)19-13-7-6-8-15-9-11-16(14-18)12-10-15/h9-12H,6-8,13-14H2,1-5H3,(H,19,20);9-12H,6-8,13-14H2,1-5H3. The molecule has 0 atom stereocenters. The summed E-state index contributed by atoms with van der Waals surface area (Å²) in [7, 11) is -3.16. The van der Waals surface area contributed by atoms with Crippen molar-refractivity contribution in [3.05, 3.63) is 70.8 Å². The molecule has 0 unspecified atom stereocenters. The number of unbranched alkanes of at least 4 members (excludes halogenated alkanes) is 2. The zero-order valence-electron chi connectivity index (χ0n) is 28.2. The van der Waals surface area contributed by atoms with E-state index >= 15 is 0 Å². The van der Waals surface area contributed by atoms with Gasteiger partial charge in [-0.3, -0.25) is 4.79 Å². The molecule has 0 aliphatic carbocycles. The maximum Gasteiger partial charge on any atom is 0.307 e. The number of carboxylic acids is 1. The minimum absolute atomic E-state index is 0.0979. The van der Waals surface area contributed by atoms with E-state index in [0.29, 0.717) is 5.04 Å². The lowest BCUT2D eigenvalue weighted by Crippen LogP contribution is -2.40. The fraction of sp³-hybridized carbons (Fsp3) is 0.629. The average molecular weight is 680 g/mol. The maximum atomic E-state index is 10.6. The van der Waals surface area contributed by atoms with E-state index in [2.05, 4.69) is 108 Å². The molecule has 4 nitrogen and oxygen atoms in total. The Bertz CT molecular complexity index is 1040. The number of halogens is 1. The molecular weight excluding hydrogens is 620 g/mol. The van der Waals surface area contributed by atoms with Crippen LogP contribution in [-0.4, -0.2) is 40.9 Å². The summed E-state index contributed by atoms with van der Waals surface area (Å²) in [4.78, 5) is 10.6. The van der Waals surface area contributed by atoms with Gasteiger partial charge in [0.2, 0.25) is 0 Å². The highest BCUT2D eigenvalue weighted by Gasteiger charge is 2.37. The van der Waals surface area contributed by atoms with Crippen molar-refractivity contribution in [1.82, 2.24) is 0 Å². The highest BCUT2D eigenvalue weighted by molar-refractivity contribution is 9.08. The first-order valence-electron chi connectivity index (χ1n) is 15.6. The largest absolute Gasteiger partial charge is 0.481 e. The second-order valence-corrected chi connectivity index (χ2v) is 24.6. The van der Waals surface area contributed by atoms with Crippen molar-refractivity contribution in [3.63, 3.8) is 0 Å². The third-order valence-corrected chi connectivity index (χ3v) is 18.5. The van der Waals surface area contributed by atoms with Gasteiger partial charge in [-0.2, -0.15) is 0 Å². The number of carbonyl (C=O) groups is 1. The molecule has 0 aliphatic rings. The number of hydrogen-bond acceptors (Lipinski definition) is 3. The number of aliphatic carboxylic acids is 1. The fourth-order valence-electron chi connectivity index (χ4n) is 3.74. The Morgan fingerprint density at radius 3 is 1.29 bits per heavy atom. The zero-order valence-corrected chi connectivity index (χ0v) is 31.8. The molecule has 0 heterocycles. The minimum atomic E-state index is -1.61. The van der Waals surface area contributed by atoms with Gasteiger partial charge in [-0.05, 0) is 97.0 Å². The Labute approximate surface area is 268 Å². The summed E-state index contributed by atoms with van der Waals surface area (Å²) < 4.78 is 12.4. The van der Waals surface area contributed by atoms with Crippen molar-refractivity contribution in [2.45, 2.75) is 128 Å². The molecule has 0 fully saturated rings. The summed E-state index contributed by atoms with van der Waals surface area (Å²) in [6, 6.07) is 16.8. The summed E-state index contributed by atoms with van der Waals surface area (Å²) in [6.45, 7) is 24.7. The molecule has 1 N–H and O–H groups in total. The quantitative estimate of drug-likeness (QED) is 0.116. The number of alkyl halides is 1. The van der Waals surface area contributed by atoms with Crippen LogP contribution in [0.25, 0.3) is 0 Å². The van der Waals surface area contributed by atoms with Gasteiger partial charge in [0.25, 0.3) is 0 Å². The van der Waals surface area contributed by atoms with Crippen molar-refractivity contribution >= 4 is 38.5 Å². The molecule has 2 rings (SSSR count). The normalized spacial score (nSPS) is 12.5. The fourth-order valence-corrected chi connectivity index (χ4v) is 6.29. The van der Waals surface area contributed by atoms with Crippen molar-refractivity contribution in [2.75, 3.05) is 13.2 Å².